The number of carbonyl (C=O) groups excluding carboxylic acids is 1. The average molecular weight is 336 g/mol. The van der Waals surface area contributed by atoms with Gasteiger partial charge in [-0.05, 0) is 72.4 Å². The van der Waals surface area contributed by atoms with Gasteiger partial charge in [0.1, 0.15) is 17.1 Å². The van der Waals surface area contributed by atoms with Gasteiger partial charge in [0.15, 0.2) is 0 Å². The molecule has 1 N–H and O–H groups in total. The molecule has 2 rings (SSSR count). The van der Waals surface area contributed by atoms with Crippen LogP contribution in [0.15, 0.2) is 16.5 Å². The van der Waals surface area contributed by atoms with Crippen LogP contribution in [0, 0.1) is 6.92 Å². The van der Waals surface area contributed by atoms with Crippen LogP contribution in [-0.2, 0) is 4.74 Å². The van der Waals surface area contributed by atoms with Crippen molar-refractivity contribution >= 4 is 6.09 Å². The van der Waals surface area contributed by atoms with Crippen molar-refractivity contribution < 1.29 is 13.9 Å². The second kappa shape index (κ2) is 7.60. The first-order valence-electron chi connectivity index (χ1n) is 8.94. The Kier molecular flexibility index (Phi) is 5.97. The zero-order valence-electron chi connectivity index (χ0n) is 15.9. The van der Waals surface area contributed by atoms with E-state index in [9.17, 15) is 4.79 Å². The van der Waals surface area contributed by atoms with Crippen LogP contribution in [0.3, 0.4) is 0 Å². The van der Waals surface area contributed by atoms with Crippen molar-refractivity contribution in [3.05, 3.63) is 23.7 Å². The maximum atomic E-state index is 12.2. The Morgan fingerprint density at radius 1 is 1.29 bits per heavy atom. The lowest BCUT2D eigenvalue weighted by atomic mass is 9.90. The van der Waals surface area contributed by atoms with E-state index < -0.39 is 5.60 Å². The lowest BCUT2D eigenvalue weighted by molar-refractivity contribution is 0.0178. The summed E-state index contributed by atoms with van der Waals surface area (Å²) >= 11 is 0. The third kappa shape index (κ3) is 5.26. The van der Waals surface area contributed by atoms with E-state index in [4.69, 9.17) is 9.15 Å². The third-order valence-electron chi connectivity index (χ3n) is 4.60. The molecule has 0 aliphatic heterocycles. The summed E-state index contributed by atoms with van der Waals surface area (Å²) in [5.41, 5.74) is -0.444. The molecule has 0 saturated heterocycles. The van der Waals surface area contributed by atoms with Gasteiger partial charge < -0.3 is 19.4 Å². The Hall–Kier alpha value is -1.49. The predicted molar refractivity (Wildman–Crippen MR) is 95.0 cm³/mol. The van der Waals surface area contributed by atoms with Crippen LogP contribution in [0.1, 0.15) is 70.9 Å². The zero-order valence-corrected chi connectivity index (χ0v) is 15.9. The maximum Gasteiger partial charge on any atom is 0.410 e. The van der Waals surface area contributed by atoms with Crippen LogP contribution in [-0.4, -0.2) is 35.7 Å². The maximum absolute atomic E-state index is 12.2. The molecule has 1 aromatic rings. The Labute approximate surface area is 145 Å². The smallest absolute Gasteiger partial charge is 0.410 e. The fraction of sp³-hybridized carbons (Fsp3) is 0.737. The summed E-state index contributed by atoms with van der Waals surface area (Å²) in [6, 6.07) is 4.98. The fourth-order valence-corrected chi connectivity index (χ4v) is 3.23. The van der Waals surface area contributed by atoms with Gasteiger partial charge in [-0.25, -0.2) is 4.79 Å². The van der Waals surface area contributed by atoms with Crippen molar-refractivity contribution in [2.24, 2.45) is 0 Å². The third-order valence-corrected chi connectivity index (χ3v) is 4.60. The highest BCUT2D eigenvalue weighted by Gasteiger charge is 2.30. The lowest BCUT2D eigenvalue weighted by Gasteiger charge is -2.36. The summed E-state index contributed by atoms with van der Waals surface area (Å²) in [5.74, 6) is 1.93. The number of rotatable bonds is 4. The molecular weight excluding hydrogens is 304 g/mol. The van der Waals surface area contributed by atoms with Crippen molar-refractivity contribution in [3.8, 4) is 0 Å². The molecular formula is C19H32N2O3. The Balaban J connectivity index is 1.79. The number of amides is 1. The second-order valence-corrected chi connectivity index (χ2v) is 7.93. The highest BCUT2D eigenvalue weighted by atomic mass is 16.6. The minimum absolute atomic E-state index is 0.212. The van der Waals surface area contributed by atoms with Gasteiger partial charge in [-0.2, -0.15) is 0 Å². The first kappa shape index (κ1) is 18.8. The number of nitrogens with zero attached hydrogens (tertiary/aromatic N) is 1. The quantitative estimate of drug-likeness (QED) is 0.884. The van der Waals surface area contributed by atoms with Gasteiger partial charge in [0.2, 0.25) is 0 Å². The first-order chi connectivity index (χ1) is 11.2. The molecule has 1 heterocycles. The van der Waals surface area contributed by atoms with Crippen molar-refractivity contribution in [2.45, 2.75) is 84.0 Å². The minimum atomic E-state index is -0.444. The van der Waals surface area contributed by atoms with Gasteiger partial charge in [-0.15, -0.1) is 0 Å². The van der Waals surface area contributed by atoms with Crippen molar-refractivity contribution in [1.29, 1.82) is 0 Å². The molecule has 1 saturated carbocycles. The second-order valence-electron chi connectivity index (χ2n) is 7.93. The molecule has 1 atom stereocenters. The summed E-state index contributed by atoms with van der Waals surface area (Å²) in [6.45, 7) is 9.80. The molecule has 1 fully saturated rings. The molecule has 1 amide bonds. The van der Waals surface area contributed by atoms with E-state index in [-0.39, 0.29) is 18.2 Å². The molecule has 24 heavy (non-hydrogen) atoms. The standard InChI is InChI=1S/C19H32N2O3/c1-13-7-12-17(23-13)14(2)20-15-8-10-16(11-9-15)21(6)18(22)24-19(3,4)5/h7,12,14-16,20H,8-11H2,1-6H3. The number of hydrogen-bond donors (Lipinski definition) is 1. The molecule has 1 aliphatic carbocycles. The van der Waals surface area contributed by atoms with E-state index in [1.165, 1.54) is 0 Å². The van der Waals surface area contributed by atoms with Crippen LogP contribution in [0.5, 0.6) is 0 Å². The normalized spacial score (nSPS) is 22.9. The van der Waals surface area contributed by atoms with E-state index in [0.29, 0.717) is 6.04 Å². The number of nitrogens with one attached hydrogen (secondary N) is 1. The Bertz CT molecular complexity index is 539. The van der Waals surface area contributed by atoms with Gasteiger partial charge in [0, 0.05) is 19.1 Å². The van der Waals surface area contributed by atoms with E-state index in [0.717, 1.165) is 37.2 Å². The molecule has 1 unspecified atom stereocenters. The summed E-state index contributed by atoms with van der Waals surface area (Å²) < 4.78 is 11.2. The molecule has 0 radical (unpaired) electrons. The van der Waals surface area contributed by atoms with Crippen LogP contribution < -0.4 is 5.32 Å². The van der Waals surface area contributed by atoms with Crippen LogP contribution in [0.2, 0.25) is 0 Å². The highest BCUT2D eigenvalue weighted by molar-refractivity contribution is 5.68. The number of ether oxygens (including phenoxy) is 1. The zero-order chi connectivity index (χ0) is 17.9. The van der Waals surface area contributed by atoms with E-state index in [1.807, 2.05) is 46.9 Å². The number of carbonyl (C=O) groups is 1. The molecule has 1 aliphatic rings. The number of furan rings is 1. The SMILES string of the molecule is Cc1ccc(C(C)NC2CCC(N(C)C(=O)OC(C)(C)C)CC2)o1. The summed E-state index contributed by atoms with van der Waals surface area (Å²) in [6.07, 6.45) is 3.89. The summed E-state index contributed by atoms with van der Waals surface area (Å²) in [5, 5.41) is 3.65. The minimum Gasteiger partial charge on any atom is -0.465 e. The molecule has 136 valence electrons. The number of aryl methyl sites for hydroxylation is 1. The summed E-state index contributed by atoms with van der Waals surface area (Å²) in [7, 11) is 1.85. The van der Waals surface area contributed by atoms with Gasteiger partial charge in [-0.3, -0.25) is 0 Å². The lowest BCUT2D eigenvalue weighted by Crippen LogP contribution is -2.45. The fourth-order valence-electron chi connectivity index (χ4n) is 3.23. The van der Waals surface area contributed by atoms with Crippen LogP contribution in [0.25, 0.3) is 0 Å². The van der Waals surface area contributed by atoms with E-state index in [2.05, 4.69) is 12.2 Å². The van der Waals surface area contributed by atoms with Gasteiger partial charge in [0.25, 0.3) is 0 Å². The monoisotopic (exact) mass is 336 g/mol. The van der Waals surface area contributed by atoms with Crippen molar-refractivity contribution in [2.75, 3.05) is 7.05 Å². The van der Waals surface area contributed by atoms with E-state index in [1.54, 1.807) is 4.90 Å². The van der Waals surface area contributed by atoms with Crippen LogP contribution in [0.4, 0.5) is 4.79 Å². The van der Waals surface area contributed by atoms with Crippen molar-refractivity contribution in [1.82, 2.24) is 10.2 Å². The van der Waals surface area contributed by atoms with Crippen molar-refractivity contribution in [3.63, 3.8) is 0 Å². The molecule has 1 aromatic heterocycles. The molecule has 0 spiro atoms. The molecule has 0 aromatic carbocycles. The Morgan fingerprint density at radius 2 is 1.92 bits per heavy atom. The largest absolute Gasteiger partial charge is 0.465 e. The van der Waals surface area contributed by atoms with Gasteiger partial charge in [-0.1, -0.05) is 0 Å². The van der Waals surface area contributed by atoms with Gasteiger partial charge in [0.05, 0.1) is 6.04 Å². The predicted octanol–water partition coefficient (Wildman–Crippen LogP) is 4.42. The number of hydrogen-bond acceptors (Lipinski definition) is 4. The highest BCUT2D eigenvalue weighted by Crippen LogP contribution is 2.26. The topological polar surface area (TPSA) is 54.7 Å². The molecule has 5 heteroatoms. The van der Waals surface area contributed by atoms with Crippen LogP contribution >= 0.6 is 0 Å². The van der Waals surface area contributed by atoms with E-state index >= 15 is 0 Å². The first-order valence-corrected chi connectivity index (χ1v) is 8.94. The average Bonchev–Trinajstić information content (AvgIpc) is 2.92. The molecule has 5 nitrogen and oxygen atoms in total. The Morgan fingerprint density at radius 3 is 2.42 bits per heavy atom. The molecule has 0 bridgehead atoms. The van der Waals surface area contributed by atoms with Gasteiger partial charge >= 0.3 is 6.09 Å². The summed E-state index contributed by atoms with van der Waals surface area (Å²) in [4.78, 5) is 13.9.